The molecule has 1 N–H and O–H groups in total. The lowest BCUT2D eigenvalue weighted by molar-refractivity contribution is 0.416. The van der Waals surface area contributed by atoms with Crippen LogP contribution in [-0.2, 0) is 6.42 Å². The molecule has 2 aromatic carbocycles. The van der Waals surface area contributed by atoms with E-state index in [1.165, 1.54) is 11.1 Å². The van der Waals surface area contributed by atoms with Crippen molar-refractivity contribution < 1.29 is 4.74 Å². The maximum Gasteiger partial charge on any atom is 0.141 e. The maximum absolute atomic E-state index is 5.90. The number of methoxy groups -OCH3 is 1. The van der Waals surface area contributed by atoms with Gasteiger partial charge in [0, 0.05) is 11.1 Å². The highest BCUT2D eigenvalue weighted by Crippen LogP contribution is 2.26. The van der Waals surface area contributed by atoms with Gasteiger partial charge < -0.3 is 10.1 Å². The Labute approximate surface area is 125 Å². The number of anilines is 1. The van der Waals surface area contributed by atoms with Crippen molar-refractivity contribution in [1.82, 2.24) is 0 Å². The maximum atomic E-state index is 5.90. The third kappa shape index (κ3) is 3.91. The fourth-order valence-corrected chi connectivity index (χ4v) is 2.35. The Bertz CT molecular complexity index is 566. The molecule has 2 nitrogen and oxygen atoms in total. The molecule has 0 aliphatic rings. The molecule has 1 atom stereocenters. The summed E-state index contributed by atoms with van der Waals surface area (Å²) in [7, 11) is 1.69. The van der Waals surface area contributed by atoms with Gasteiger partial charge in [0.1, 0.15) is 5.75 Å². The van der Waals surface area contributed by atoms with Crippen molar-refractivity contribution in [2.75, 3.05) is 12.4 Å². The molecule has 0 aliphatic carbocycles. The lowest BCUT2D eigenvalue weighted by Crippen LogP contribution is -2.18. The number of hydrogen-bond acceptors (Lipinski definition) is 2. The van der Waals surface area contributed by atoms with Crippen LogP contribution >= 0.6 is 11.6 Å². The molecule has 0 amide bonds. The first kappa shape index (κ1) is 14.7. The molecular weight excluding hydrogens is 270 g/mol. The Morgan fingerprint density at radius 3 is 2.50 bits per heavy atom. The zero-order chi connectivity index (χ0) is 14.5. The molecule has 3 heteroatoms. The van der Waals surface area contributed by atoms with Crippen molar-refractivity contribution in [2.24, 2.45) is 0 Å². The van der Waals surface area contributed by atoms with E-state index in [4.69, 9.17) is 16.3 Å². The van der Waals surface area contributed by atoms with E-state index in [0.29, 0.717) is 6.04 Å². The number of ether oxygens (including phenoxy) is 1. The first-order chi connectivity index (χ1) is 9.58. The van der Waals surface area contributed by atoms with Gasteiger partial charge in [-0.1, -0.05) is 29.8 Å². The van der Waals surface area contributed by atoms with Crippen LogP contribution in [0.1, 0.15) is 18.1 Å². The topological polar surface area (TPSA) is 21.3 Å². The molecule has 0 aliphatic heterocycles. The molecule has 20 heavy (non-hydrogen) atoms. The third-order valence-electron chi connectivity index (χ3n) is 3.21. The standard InChI is InChI=1S/C17H20ClNO/c1-12-4-9-17(20-3)16(10-12)19-13(2)11-14-5-7-15(18)8-6-14/h4-10,13,19H,11H2,1-3H3. The van der Waals surface area contributed by atoms with Crippen LogP contribution in [-0.4, -0.2) is 13.2 Å². The van der Waals surface area contributed by atoms with Crippen LogP contribution in [0.3, 0.4) is 0 Å². The quantitative estimate of drug-likeness (QED) is 0.861. The molecule has 2 rings (SSSR count). The Hall–Kier alpha value is -1.67. The highest BCUT2D eigenvalue weighted by atomic mass is 35.5. The third-order valence-corrected chi connectivity index (χ3v) is 3.46. The number of halogens is 1. The van der Waals surface area contributed by atoms with Gasteiger partial charge in [0.25, 0.3) is 0 Å². The number of rotatable bonds is 5. The first-order valence-corrected chi connectivity index (χ1v) is 7.12. The van der Waals surface area contributed by atoms with Crippen LogP contribution in [0.4, 0.5) is 5.69 Å². The van der Waals surface area contributed by atoms with Crippen LogP contribution in [0, 0.1) is 6.92 Å². The predicted molar refractivity (Wildman–Crippen MR) is 86.0 cm³/mol. The highest BCUT2D eigenvalue weighted by Gasteiger charge is 2.08. The minimum Gasteiger partial charge on any atom is -0.495 e. The van der Waals surface area contributed by atoms with Crippen molar-refractivity contribution in [2.45, 2.75) is 26.3 Å². The van der Waals surface area contributed by atoms with Gasteiger partial charge in [0.15, 0.2) is 0 Å². The second kappa shape index (κ2) is 6.67. The van der Waals surface area contributed by atoms with E-state index in [1.807, 2.05) is 24.3 Å². The van der Waals surface area contributed by atoms with Gasteiger partial charge in [-0.05, 0) is 55.7 Å². The molecule has 106 valence electrons. The molecule has 0 aromatic heterocycles. The molecule has 0 heterocycles. The van der Waals surface area contributed by atoms with Gasteiger partial charge in [-0.2, -0.15) is 0 Å². The van der Waals surface area contributed by atoms with Gasteiger partial charge in [0.05, 0.1) is 12.8 Å². The molecular formula is C17H20ClNO. The van der Waals surface area contributed by atoms with Gasteiger partial charge in [-0.25, -0.2) is 0 Å². The largest absolute Gasteiger partial charge is 0.495 e. The SMILES string of the molecule is COc1ccc(C)cc1NC(C)Cc1ccc(Cl)cc1. The fraction of sp³-hybridized carbons (Fsp3) is 0.294. The van der Waals surface area contributed by atoms with Crippen LogP contribution in [0.2, 0.25) is 5.02 Å². The van der Waals surface area contributed by atoms with Crippen molar-refractivity contribution in [3.63, 3.8) is 0 Å². The van der Waals surface area contributed by atoms with Gasteiger partial charge in [-0.3, -0.25) is 0 Å². The Morgan fingerprint density at radius 2 is 1.85 bits per heavy atom. The number of benzene rings is 2. The number of nitrogens with one attached hydrogen (secondary N) is 1. The summed E-state index contributed by atoms with van der Waals surface area (Å²) in [5.74, 6) is 0.874. The Kier molecular flexibility index (Phi) is 4.91. The van der Waals surface area contributed by atoms with E-state index < -0.39 is 0 Å². The molecule has 2 aromatic rings. The highest BCUT2D eigenvalue weighted by molar-refractivity contribution is 6.30. The molecule has 0 radical (unpaired) electrons. The van der Waals surface area contributed by atoms with Crippen molar-refractivity contribution >= 4 is 17.3 Å². The number of hydrogen-bond donors (Lipinski definition) is 1. The molecule has 0 bridgehead atoms. The summed E-state index contributed by atoms with van der Waals surface area (Å²) in [4.78, 5) is 0. The summed E-state index contributed by atoms with van der Waals surface area (Å²) in [5.41, 5.74) is 3.52. The lowest BCUT2D eigenvalue weighted by Gasteiger charge is -2.18. The summed E-state index contributed by atoms with van der Waals surface area (Å²) in [6.07, 6.45) is 0.939. The molecule has 0 fully saturated rings. The van der Waals surface area contributed by atoms with Crippen molar-refractivity contribution in [3.05, 3.63) is 58.6 Å². The number of aryl methyl sites for hydroxylation is 1. The van der Waals surface area contributed by atoms with Gasteiger partial charge in [0.2, 0.25) is 0 Å². The molecule has 0 saturated carbocycles. The monoisotopic (exact) mass is 289 g/mol. The summed E-state index contributed by atoms with van der Waals surface area (Å²) in [5, 5.41) is 4.28. The second-order valence-electron chi connectivity index (χ2n) is 5.08. The summed E-state index contributed by atoms with van der Waals surface area (Å²) in [6.45, 7) is 4.24. The van der Waals surface area contributed by atoms with Crippen molar-refractivity contribution in [1.29, 1.82) is 0 Å². The van der Waals surface area contributed by atoms with E-state index >= 15 is 0 Å². The van der Waals surface area contributed by atoms with E-state index in [0.717, 1.165) is 22.9 Å². The van der Waals surface area contributed by atoms with E-state index in [-0.39, 0.29) is 0 Å². The molecule has 0 spiro atoms. The Balaban J connectivity index is 2.05. The van der Waals surface area contributed by atoms with Gasteiger partial charge in [-0.15, -0.1) is 0 Å². The van der Waals surface area contributed by atoms with E-state index in [1.54, 1.807) is 7.11 Å². The van der Waals surface area contributed by atoms with Gasteiger partial charge >= 0.3 is 0 Å². The average molecular weight is 290 g/mol. The van der Waals surface area contributed by atoms with E-state index in [9.17, 15) is 0 Å². The smallest absolute Gasteiger partial charge is 0.141 e. The van der Waals surface area contributed by atoms with Crippen LogP contribution < -0.4 is 10.1 Å². The molecule has 1 unspecified atom stereocenters. The van der Waals surface area contributed by atoms with Crippen LogP contribution in [0.15, 0.2) is 42.5 Å². The average Bonchev–Trinajstić information content (AvgIpc) is 2.41. The minimum atomic E-state index is 0.312. The second-order valence-corrected chi connectivity index (χ2v) is 5.52. The fourth-order valence-electron chi connectivity index (χ4n) is 2.23. The zero-order valence-corrected chi connectivity index (χ0v) is 12.9. The zero-order valence-electron chi connectivity index (χ0n) is 12.1. The predicted octanol–water partition coefficient (Wildman–Crippen LogP) is 4.70. The Morgan fingerprint density at radius 1 is 1.15 bits per heavy atom. The lowest BCUT2D eigenvalue weighted by atomic mass is 10.1. The van der Waals surface area contributed by atoms with Crippen LogP contribution in [0.25, 0.3) is 0 Å². The normalized spacial score (nSPS) is 12.0. The van der Waals surface area contributed by atoms with Crippen molar-refractivity contribution in [3.8, 4) is 5.75 Å². The minimum absolute atomic E-state index is 0.312. The first-order valence-electron chi connectivity index (χ1n) is 6.74. The summed E-state index contributed by atoms with van der Waals surface area (Å²) in [6, 6.07) is 14.4. The molecule has 0 saturated heterocycles. The summed E-state index contributed by atoms with van der Waals surface area (Å²) < 4.78 is 5.39. The summed E-state index contributed by atoms with van der Waals surface area (Å²) >= 11 is 5.90. The van der Waals surface area contributed by atoms with Crippen LogP contribution in [0.5, 0.6) is 5.75 Å². The van der Waals surface area contributed by atoms with E-state index in [2.05, 4.69) is 37.4 Å².